The molecule has 1 amide bonds. The van der Waals surface area contributed by atoms with Gasteiger partial charge in [0.15, 0.2) is 0 Å². The van der Waals surface area contributed by atoms with Crippen LogP contribution in [0.4, 0.5) is 10.5 Å². The van der Waals surface area contributed by atoms with E-state index in [9.17, 15) is 9.90 Å². The highest BCUT2D eigenvalue weighted by molar-refractivity contribution is 5.86. The number of carbonyl (C=O) groups is 1. The molecule has 6 nitrogen and oxygen atoms in total. The number of amides is 1. The summed E-state index contributed by atoms with van der Waals surface area (Å²) in [5.74, 6) is -0.336. The minimum Gasteiger partial charge on any atom is -0.506 e. The Balaban J connectivity index is 2.81. The molecule has 1 aromatic carbocycles. The van der Waals surface area contributed by atoms with Crippen LogP contribution in [0.5, 0.6) is 5.75 Å². The van der Waals surface area contributed by atoms with Gasteiger partial charge < -0.3 is 20.7 Å². The van der Waals surface area contributed by atoms with Crippen LogP contribution in [0.25, 0.3) is 0 Å². The van der Waals surface area contributed by atoms with Crippen LogP contribution < -0.4 is 11.1 Å². The van der Waals surface area contributed by atoms with Gasteiger partial charge in [0.2, 0.25) is 0 Å². The third kappa shape index (κ3) is 4.71. The highest BCUT2D eigenvalue weighted by atomic mass is 16.6. The fraction of sp³-hybridized carbons (Fsp3) is 0.500. The van der Waals surface area contributed by atoms with E-state index in [0.29, 0.717) is 5.56 Å². The summed E-state index contributed by atoms with van der Waals surface area (Å²) in [6.07, 6.45) is -0.641. The average molecular weight is 282 g/mol. The van der Waals surface area contributed by atoms with Crippen LogP contribution in [-0.2, 0) is 4.74 Å². The van der Waals surface area contributed by atoms with Crippen molar-refractivity contribution in [2.24, 2.45) is 5.73 Å². The van der Waals surface area contributed by atoms with E-state index >= 15 is 0 Å². The lowest BCUT2D eigenvalue weighted by atomic mass is 9.99. The minimum absolute atomic E-state index is 0.0970. The van der Waals surface area contributed by atoms with Crippen molar-refractivity contribution in [1.29, 1.82) is 0 Å². The fourth-order valence-corrected chi connectivity index (χ4v) is 1.64. The number of aliphatic hydroxyl groups is 1. The van der Waals surface area contributed by atoms with Crippen LogP contribution in [-0.4, -0.2) is 35.1 Å². The van der Waals surface area contributed by atoms with Gasteiger partial charge in [0.05, 0.1) is 12.3 Å². The zero-order valence-electron chi connectivity index (χ0n) is 12.0. The summed E-state index contributed by atoms with van der Waals surface area (Å²) >= 11 is 0. The number of hydrogen-bond donors (Lipinski definition) is 4. The Labute approximate surface area is 118 Å². The van der Waals surface area contributed by atoms with E-state index in [1.54, 1.807) is 32.9 Å². The van der Waals surface area contributed by atoms with Crippen molar-refractivity contribution in [3.8, 4) is 5.75 Å². The molecule has 0 fully saturated rings. The van der Waals surface area contributed by atoms with Crippen LogP contribution in [0.15, 0.2) is 18.2 Å². The second-order valence-electron chi connectivity index (χ2n) is 5.52. The van der Waals surface area contributed by atoms with Crippen LogP contribution in [0, 0.1) is 0 Å². The lowest BCUT2D eigenvalue weighted by molar-refractivity contribution is 0.0635. The topological polar surface area (TPSA) is 105 Å². The van der Waals surface area contributed by atoms with Crippen molar-refractivity contribution in [2.45, 2.75) is 32.3 Å². The summed E-state index contributed by atoms with van der Waals surface area (Å²) in [6.45, 7) is 5.43. The predicted octanol–water partition coefficient (Wildman–Crippen LogP) is 1.77. The first-order chi connectivity index (χ1) is 9.26. The van der Waals surface area contributed by atoms with Crippen LogP contribution in [0.2, 0.25) is 0 Å². The van der Waals surface area contributed by atoms with Crippen molar-refractivity contribution in [3.05, 3.63) is 23.8 Å². The molecule has 1 atom stereocenters. The summed E-state index contributed by atoms with van der Waals surface area (Å²) in [5.41, 5.74) is 5.87. The van der Waals surface area contributed by atoms with E-state index < -0.39 is 11.7 Å². The number of ether oxygens (including phenoxy) is 1. The molecular weight excluding hydrogens is 260 g/mol. The maximum absolute atomic E-state index is 11.6. The zero-order chi connectivity index (χ0) is 15.3. The highest BCUT2D eigenvalue weighted by Gasteiger charge is 2.18. The number of benzene rings is 1. The van der Waals surface area contributed by atoms with E-state index in [-0.39, 0.29) is 30.5 Å². The van der Waals surface area contributed by atoms with Crippen LogP contribution in [0.1, 0.15) is 32.3 Å². The summed E-state index contributed by atoms with van der Waals surface area (Å²) in [4.78, 5) is 11.6. The molecule has 6 heteroatoms. The number of carbonyl (C=O) groups excluding carboxylic acids is 1. The van der Waals surface area contributed by atoms with Gasteiger partial charge in [-0.25, -0.2) is 4.79 Å². The number of aromatic hydroxyl groups is 1. The van der Waals surface area contributed by atoms with E-state index in [0.717, 1.165) is 0 Å². The number of nitrogens with one attached hydrogen (secondary N) is 1. The molecule has 1 aromatic rings. The van der Waals surface area contributed by atoms with Gasteiger partial charge in [-0.1, -0.05) is 6.07 Å². The van der Waals surface area contributed by atoms with Crippen molar-refractivity contribution < 1.29 is 19.7 Å². The number of phenols is 1. The number of aliphatic hydroxyl groups excluding tert-OH is 1. The summed E-state index contributed by atoms with van der Waals surface area (Å²) in [7, 11) is 0. The number of phenolic OH excluding ortho intramolecular Hbond substituents is 1. The highest BCUT2D eigenvalue weighted by Crippen LogP contribution is 2.28. The Morgan fingerprint density at radius 2 is 2.10 bits per heavy atom. The molecule has 5 N–H and O–H groups in total. The Morgan fingerprint density at radius 1 is 1.45 bits per heavy atom. The number of rotatable bonds is 4. The Kier molecular flexibility index (Phi) is 5.35. The Bertz CT molecular complexity index is 465. The van der Waals surface area contributed by atoms with Gasteiger partial charge >= 0.3 is 6.09 Å². The molecular formula is C14H22N2O4. The summed E-state index contributed by atoms with van der Waals surface area (Å²) in [6, 6.07) is 4.72. The molecule has 0 saturated heterocycles. The van der Waals surface area contributed by atoms with E-state index in [2.05, 4.69) is 5.32 Å². The second-order valence-corrected chi connectivity index (χ2v) is 5.52. The maximum atomic E-state index is 11.6. The van der Waals surface area contributed by atoms with Crippen molar-refractivity contribution in [2.75, 3.05) is 18.5 Å². The number of anilines is 1. The van der Waals surface area contributed by atoms with Crippen LogP contribution in [0.3, 0.4) is 0 Å². The molecule has 0 bridgehead atoms. The first-order valence-corrected chi connectivity index (χ1v) is 6.40. The maximum Gasteiger partial charge on any atom is 0.412 e. The van der Waals surface area contributed by atoms with Gasteiger partial charge in [0.25, 0.3) is 0 Å². The quantitative estimate of drug-likeness (QED) is 0.630. The Hall–Kier alpha value is -1.79. The smallest absolute Gasteiger partial charge is 0.412 e. The normalized spacial score (nSPS) is 12.8. The SMILES string of the molecule is CC(C)(C)OC(=O)Nc1ccc(C(CN)CO)cc1O. The molecule has 0 aliphatic rings. The lowest BCUT2D eigenvalue weighted by Gasteiger charge is -2.20. The summed E-state index contributed by atoms with van der Waals surface area (Å²) < 4.78 is 5.10. The molecule has 0 aromatic heterocycles. The van der Waals surface area contributed by atoms with Crippen LogP contribution >= 0.6 is 0 Å². The van der Waals surface area contributed by atoms with Gasteiger partial charge in [0.1, 0.15) is 11.4 Å². The molecule has 0 saturated carbocycles. The second kappa shape index (κ2) is 6.58. The van der Waals surface area contributed by atoms with Gasteiger partial charge in [-0.05, 0) is 38.5 Å². The lowest BCUT2D eigenvalue weighted by Crippen LogP contribution is -2.27. The number of hydrogen-bond acceptors (Lipinski definition) is 5. The molecule has 0 radical (unpaired) electrons. The minimum atomic E-state index is -0.641. The molecule has 20 heavy (non-hydrogen) atoms. The molecule has 0 spiro atoms. The monoisotopic (exact) mass is 282 g/mol. The third-order valence-electron chi connectivity index (χ3n) is 2.63. The molecule has 1 rings (SSSR count). The van der Waals surface area contributed by atoms with Crippen molar-refractivity contribution in [3.63, 3.8) is 0 Å². The molecule has 0 aliphatic heterocycles. The zero-order valence-corrected chi connectivity index (χ0v) is 12.0. The van der Waals surface area contributed by atoms with Crippen molar-refractivity contribution in [1.82, 2.24) is 0 Å². The van der Waals surface area contributed by atoms with E-state index in [4.69, 9.17) is 15.6 Å². The standard InChI is InChI=1S/C14H22N2O4/c1-14(2,3)20-13(19)16-11-5-4-9(6-12(11)18)10(7-15)8-17/h4-6,10,17-18H,7-8,15H2,1-3H3,(H,16,19). The first kappa shape index (κ1) is 16.3. The van der Waals surface area contributed by atoms with E-state index in [1.165, 1.54) is 6.07 Å². The largest absolute Gasteiger partial charge is 0.506 e. The predicted molar refractivity (Wildman–Crippen MR) is 76.8 cm³/mol. The number of nitrogens with two attached hydrogens (primary N) is 1. The van der Waals surface area contributed by atoms with Gasteiger partial charge in [-0.3, -0.25) is 5.32 Å². The summed E-state index contributed by atoms with van der Waals surface area (Å²) in [5, 5.41) is 21.5. The van der Waals surface area contributed by atoms with E-state index in [1.807, 2.05) is 0 Å². The molecule has 112 valence electrons. The molecule has 0 aliphatic carbocycles. The molecule has 0 heterocycles. The van der Waals surface area contributed by atoms with Crippen molar-refractivity contribution >= 4 is 11.8 Å². The van der Waals surface area contributed by atoms with Gasteiger partial charge in [-0.15, -0.1) is 0 Å². The first-order valence-electron chi connectivity index (χ1n) is 6.40. The molecule has 1 unspecified atom stereocenters. The average Bonchev–Trinajstić information content (AvgIpc) is 2.31. The Morgan fingerprint density at radius 3 is 2.55 bits per heavy atom. The van der Waals surface area contributed by atoms with Gasteiger partial charge in [-0.2, -0.15) is 0 Å². The van der Waals surface area contributed by atoms with Gasteiger partial charge in [0, 0.05) is 12.5 Å². The third-order valence-corrected chi connectivity index (χ3v) is 2.63. The fourth-order valence-electron chi connectivity index (χ4n) is 1.64.